The molecule has 2 aromatic heterocycles. The van der Waals surface area contributed by atoms with Crippen LogP contribution in [0, 0.1) is 5.41 Å². The van der Waals surface area contributed by atoms with Crippen molar-refractivity contribution in [1.29, 1.82) is 5.41 Å². The number of pyridine rings is 1. The van der Waals surface area contributed by atoms with Crippen LogP contribution in [0.2, 0.25) is 0 Å². The molecule has 2 heterocycles. The van der Waals surface area contributed by atoms with Crippen molar-refractivity contribution in [3.63, 3.8) is 0 Å². The summed E-state index contributed by atoms with van der Waals surface area (Å²) in [7, 11) is 1.75. The summed E-state index contributed by atoms with van der Waals surface area (Å²) in [5, 5.41) is 11.2. The number of nitrogens with one attached hydrogen (secondary N) is 2. The highest BCUT2D eigenvalue weighted by Crippen LogP contribution is 2.39. The summed E-state index contributed by atoms with van der Waals surface area (Å²) >= 11 is 0. The van der Waals surface area contributed by atoms with E-state index in [1.54, 1.807) is 37.5 Å². The number of aryl methyl sites for hydroxylation is 1. The molecule has 5 nitrogen and oxygen atoms in total. The molecule has 0 fully saturated rings. The lowest BCUT2D eigenvalue weighted by atomic mass is 9.98. The molecule has 182 valence electrons. The molecule has 0 aliphatic heterocycles. The van der Waals surface area contributed by atoms with Gasteiger partial charge < -0.3 is 19.2 Å². The standard InChI is InChI=1S/C27H27F3N4O/c1-32-26-19-34(15-11-25(26)31)18-20-5-7-21(8-6-20)23-10-9-22(17-24(23)27(28,29)30)35-16-4-14-33-12-2-3-13-33/h2-3,5-13,15,17,19,31-32H,4,14,16,18H2,1H3. The summed E-state index contributed by atoms with van der Waals surface area (Å²) in [6.07, 6.45) is 3.69. The Labute approximate surface area is 201 Å². The summed E-state index contributed by atoms with van der Waals surface area (Å²) < 4.78 is 51.2. The smallest absolute Gasteiger partial charge is 0.417 e. The Morgan fingerprint density at radius 1 is 0.943 bits per heavy atom. The molecule has 35 heavy (non-hydrogen) atoms. The van der Waals surface area contributed by atoms with E-state index in [1.165, 1.54) is 6.07 Å². The predicted molar refractivity (Wildman–Crippen MR) is 130 cm³/mol. The zero-order chi connectivity index (χ0) is 24.8. The summed E-state index contributed by atoms with van der Waals surface area (Å²) in [4.78, 5) is 0. The highest BCUT2D eigenvalue weighted by atomic mass is 19.4. The molecule has 0 aliphatic carbocycles. The number of hydrogen-bond donors (Lipinski definition) is 2. The van der Waals surface area contributed by atoms with Gasteiger partial charge in [-0.25, -0.2) is 0 Å². The molecular formula is C27H27F3N4O. The first-order valence-electron chi connectivity index (χ1n) is 11.3. The van der Waals surface area contributed by atoms with Crippen LogP contribution in [-0.2, 0) is 19.3 Å². The molecule has 2 N–H and O–H groups in total. The van der Waals surface area contributed by atoms with Gasteiger partial charge in [0.2, 0.25) is 0 Å². The van der Waals surface area contributed by atoms with E-state index in [2.05, 4.69) is 5.32 Å². The molecule has 4 rings (SSSR count). The summed E-state index contributed by atoms with van der Waals surface area (Å²) in [5.74, 6) is 0.208. The number of alkyl halides is 3. The second-order valence-corrected chi connectivity index (χ2v) is 8.22. The van der Waals surface area contributed by atoms with Crippen LogP contribution in [0.3, 0.4) is 0 Å². The number of rotatable bonds is 9. The highest BCUT2D eigenvalue weighted by molar-refractivity contribution is 5.69. The minimum atomic E-state index is -4.50. The van der Waals surface area contributed by atoms with E-state index in [0.29, 0.717) is 36.2 Å². The molecule has 0 aliphatic rings. The third kappa shape index (κ3) is 6.15. The summed E-state index contributed by atoms with van der Waals surface area (Å²) in [6, 6.07) is 16.7. The Morgan fingerprint density at radius 3 is 2.37 bits per heavy atom. The molecule has 0 radical (unpaired) electrons. The van der Waals surface area contributed by atoms with Crippen LogP contribution in [-0.4, -0.2) is 22.8 Å². The van der Waals surface area contributed by atoms with Crippen LogP contribution in [0.15, 0.2) is 85.5 Å². The first-order valence-corrected chi connectivity index (χ1v) is 11.3. The Hall–Kier alpha value is -3.94. The molecule has 0 saturated carbocycles. The van der Waals surface area contributed by atoms with Crippen molar-refractivity contribution in [2.24, 2.45) is 0 Å². The number of nitrogens with zero attached hydrogens (tertiary/aromatic N) is 2. The normalized spacial score (nSPS) is 11.4. The van der Waals surface area contributed by atoms with Gasteiger partial charge in [-0.05, 0) is 53.4 Å². The lowest BCUT2D eigenvalue weighted by molar-refractivity contribution is -0.137. The second-order valence-electron chi connectivity index (χ2n) is 8.22. The van der Waals surface area contributed by atoms with E-state index in [9.17, 15) is 13.2 Å². The average Bonchev–Trinajstić information content (AvgIpc) is 3.37. The first kappa shape index (κ1) is 24.2. The maximum absolute atomic E-state index is 13.9. The zero-order valence-corrected chi connectivity index (χ0v) is 19.3. The maximum atomic E-state index is 13.9. The van der Waals surface area contributed by atoms with Gasteiger partial charge in [-0.2, -0.15) is 13.2 Å². The fraction of sp³-hybridized carbons (Fsp3) is 0.222. The molecule has 0 atom stereocenters. The SMILES string of the molecule is CNc1cn(Cc2ccc(-c3ccc(OCCCn4cccc4)cc3C(F)(F)F)cc2)ccc1=N. The number of ether oxygens (including phenoxy) is 1. The molecule has 0 bridgehead atoms. The van der Waals surface area contributed by atoms with Crippen molar-refractivity contribution >= 4 is 5.69 Å². The zero-order valence-electron chi connectivity index (χ0n) is 19.3. The Kier molecular flexibility index (Phi) is 7.29. The fourth-order valence-corrected chi connectivity index (χ4v) is 3.89. The van der Waals surface area contributed by atoms with E-state index in [4.69, 9.17) is 10.1 Å². The third-order valence-corrected chi connectivity index (χ3v) is 5.71. The van der Waals surface area contributed by atoms with Crippen molar-refractivity contribution in [3.8, 4) is 16.9 Å². The largest absolute Gasteiger partial charge is 0.494 e. The van der Waals surface area contributed by atoms with Gasteiger partial charge in [-0.3, -0.25) is 5.41 Å². The number of benzene rings is 2. The van der Waals surface area contributed by atoms with Crippen LogP contribution >= 0.6 is 0 Å². The van der Waals surface area contributed by atoms with Gasteiger partial charge in [-0.1, -0.05) is 30.3 Å². The molecule has 8 heteroatoms. The van der Waals surface area contributed by atoms with Gasteiger partial charge in [0.05, 0.1) is 23.2 Å². The van der Waals surface area contributed by atoms with Crippen LogP contribution < -0.4 is 15.4 Å². The van der Waals surface area contributed by atoms with Crippen molar-refractivity contribution in [3.05, 3.63) is 102 Å². The monoisotopic (exact) mass is 480 g/mol. The lowest BCUT2D eigenvalue weighted by Gasteiger charge is -2.16. The minimum Gasteiger partial charge on any atom is -0.494 e. The lowest BCUT2D eigenvalue weighted by Crippen LogP contribution is -2.11. The van der Waals surface area contributed by atoms with Crippen LogP contribution in [0.4, 0.5) is 18.9 Å². The number of anilines is 1. The quantitative estimate of drug-likeness (QED) is 0.288. The van der Waals surface area contributed by atoms with E-state index in [1.807, 2.05) is 52.0 Å². The van der Waals surface area contributed by atoms with E-state index >= 15 is 0 Å². The van der Waals surface area contributed by atoms with Gasteiger partial charge in [0.1, 0.15) is 5.75 Å². The molecule has 4 aromatic rings. The maximum Gasteiger partial charge on any atom is 0.417 e. The topological polar surface area (TPSA) is 55.0 Å². The van der Waals surface area contributed by atoms with Gasteiger partial charge in [0.15, 0.2) is 0 Å². The van der Waals surface area contributed by atoms with Crippen LogP contribution in [0.25, 0.3) is 11.1 Å². The van der Waals surface area contributed by atoms with Crippen LogP contribution in [0.1, 0.15) is 17.5 Å². The van der Waals surface area contributed by atoms with Gasteiger partial charge in [-0.15, -0.1) is 0 Å². The number of halogens is 3. The molecule has 0 amide bonds. The number of hydrogen-bond acceptors (Lipinski definition) is 3. The van der Waals surface area contributed by atoms with Crippen molar-refractivity contribution in [2.75, 3.05) is 19.0 Å². The van der Waals surface area contributed by atoms with Crippen molar-refractivity contribution < 1.29 is 17.9 Å². The molecule has 0 unspecified atom stereocenters. The first-order chi connectivity index (χ1) is 16.8. The van der Waals surface area contributed by atoms with E-state index in [-0.39, 0.29) is 11.3 Å². The van der Waals surface area contributed by atoms with Gasteiger partial charge >= 0.3 is 6.18 Å². The molecule has 2 aromatic carbocycles. The summed E-state index contributed by atoms with van der Waals surface area (Å²) in [6.45, 7) is 1.61. The van der Waals surface area contributed by atoms with Gasteiger partial charge in [0, 0.05) is 44.9 Å². The van der Waals surface area contributed by atoms with Gasteiger partial charge in [0.25, 0.3) is 0 Å². The van der Waals surface area contributed by atoms with Crippen LogP contribution in [0.5, 0.6) is 5.75 Å². The van der Waals surface area contributed by atoms with E-state index < -0.39 is 11.7 Å². The van der Waals surface area contributed by atoms with Crippen molar-refractivity contribution in [1.82, 2.24) is 9.13 Å². The Morgan fingerprint density at radius 2 is 1.69 bits per heavy atom. The summed E-state index contributed by atoms with van der Waals surface area (Å²) in [5.41, 5.74) is 1.53. The molecule has 0 spiro atoms. The Balaban J connectivity index is 1.48. The molecular weight excluding hydrogens is 453 g/mol. The molecule has 0 saturated heterocycles. The third-order valence-electron chi connectivity index (χ3n) is 5.71. The van der Waals surface area contributed by atoms with Crippen molar-refractivity contribution in [2.45, 2.75) is 25.7 Å². The highest BCUT2D eigenvalue weighted by Gasteiger charge is 2.34. The minimum absolute atomic E-state index is 0.118. The second kappa shape index (κ2) is 10.5. The Bertz CT molecular complexity index is 1310. The number of aromatic nitrogens is 2. The predicted octanol–water partition coefficient (Wildman–Crippen LogP) is 6.01. The average molecular weight is 481 g/mol. The van der Waals surface area contributed by atoms with E-state index in [0.717, 1.165) is 18.2 Å². The fourth-order valence-electron chi connectivity index (χ4n) is 3.89.